The number of hydrogen-bond acceptors (Lipinski definition) is 5. The van der Waals surface area contributed by atoms with E-state index in [4.69, 9.17) is 5.11 Å². The van der Waals surface area contributed by atoms with Gasteiger partial charge in [-0.15, -0.1) is 0 Å². The third-order valence-electron chi connectivity index (χ3n) is 6.40. The Kier molecular flexibility index (Phi) is 8.99. The van der Waals surface area contributed by atoms with Crippen LogP contribution in [0.1, 0.15) is 48.9 Å². The molecule has 0 bridgehead atoms. The van der Waals surface area contributed by atoms with E-state index in [1.54, 1.807) is 11.9 Å². The van der Waals surface area contributed by atoms with Crippen LogP contribution >= 0.6 is 11.9 Å². The van der Waals surface area contributed by atoms with E-state index < -0.39 is 12.1 Å². The van der Waals surface area contributed by atoms with Crippen molar-refractivity contribution in [3.8, 4) is 0 Å². The van der Waals surface area contributed by atoms with Gasteiger partial charge in [-0.2, -0.15) is 0 Å². The van der Waals surface area contributed by atoms with E-state index in [9.17, 15) is 9.90 Å². The van der Waals surface area contributed by atoms with Gasteiger partial charge in [0, 0.05) is 29.9 Å². The molecular weight excluding hydrogens is 432 g/mol. The smallest absolute Gasteiger partial charge is 0.303 e. The van der Waals surface area contributed by atoms with Gasteiger partial charge >= 0.3 is 5.97 Å². The molecule has 0 aromatic heterocycles. The average molecular weight is 471 g/mol. The van der Waals surface area contributed by atoms with Crippen molar-refractivity contribution in [2.75, 3.05) is 20.1 Å². The lowest BCUT2D eigenvalue weighted by molar-refractivity contribution is -0.136. The van der Waals surface area contributed by atoms with E-state index in [1.165, 1.54) is 11.1 Å². The third-order valence-corrected chi connectivity index (χ3v) is 7.33. The van der Waals surface area contributed by atoms with Gasteiger partial charge in [0.25, 0.3) is 0 Å². The summed E-state index contributed by atoms with van der Waals surface area (Å²) >= 11 is 1.60. The molecule has 0 saturated carbocycles. The molecule has 33 heavy (non-hydrogen) atoms. The van der Waals surface area contributed by atoms with E-state index in [2.05, 4.69) is 53.8 Å². The molecule has 2 aromatic rings. The van der Waals surface area contributed by atoms with Crippen LogP contribution in [0, 0.1) is 12.8 Å². The molecule has 0 amide bonds. The number of carboxylic acid groups (broad SMARTS) is 1. The van der Waals surface area contributed by atoms with E-state index in [0.29, 0.717) is 25.4 Å². The van der Waals surface area contributed by atoms with Gasteiger partial charge in [-0.25, -0.2) is 4.31 Å². The molecule has 2 aromatic carbocycles. The fraction of sp³-hybridized carbons (Fsp3) is 0.519. The van der Waals surface area contributed by atoms with E-state index >= 15 is 0 Å². The highest BCUT2D eigenvalue weighted by atomic mass is 32.2. The van der Waals surface area contributed by atoms with Crippen molar-refractivity contribution in [1.29, 1.82) is 0 Å². The van der Waals surface area contributed by atoms with E-state index in [-0.39, 0.29) is 12.0 Å². The van der Waals surface area contributed by atoms with Crippen LogP contribution in [0.25, 0.3) is 0 Å². The highest BCUT2D eigenvalue weighted by molar-refractivity contribution is 7.97. The molecule has 6 heteroatoms. The average Bonchev–Trinajstić information content (AvgIpc) is 3.13. The number of nitrogens with zero attached hydrogens (tertiary/aromatic N) is 1. The lowest BCUT2D eigenvalue weighted by Crippen LogP contribution is -2.46. The predicted octanol–water partition coefficient (Wildman–Crippen LogP) is 4.49. The number of hydrogen-bond donors (Lipinski definition) is 3. The lowest BCUT2D eigenvalue weighted by atomic mass is 9.88. The summed E-state index contributed by atoms with van der Waals surface area (Å²) in [6, 6.07) is 14.9. The van der Waals surface area contributed by atoms with Crippen molar-refractivity contribution in [1.82, 2.24) is 9.62 Å². The minimum atomic E-state index is -0.772. The molecular formula is C27H38N2O3S. The van der Waals surface area contributed by atoms with Crippen molar-refractivity contribution in [3.63, 3.8) is 0 Å². The highest BCUT2D eigenvalue weighted by Gasteiger charge is 2.28. The fourth-order valence-corrected chi connectivity index (χ4v) is 5.77. The molecule has 1 atom stereocenters. The zero-order valence-electron chi connectivity index (χ0n) is 20.3. The first-order valence-electron chi connectivity index (χ1n) is 11.8. The summed E-state index contributed by atoms with van der Waals surface area (Å²) in [6.45, 7) is 7.60. The van der Waals surface area contributed by atoms with Crippen molar-refractivity contribution < 1.29 is 15.0 Å². The molecule has 0 radical (unpaired) electrons. The quantitative estimate of drug-likeness (QED) is 0.397. The number of aliphatic hydroxyl groups excluding tert-OH is 1. The number of nitrogens with one attached hydrogen (secondary N) is 1. The summed E-state index contributed by atoms with van der Waals surface area (Å²) < 4.78 is 2.05. The van der Waals surface area contributed by atoms with Crippen LogP contribution in [0.3, 0.4) is 0 Å². The molecule has 0 aliphatic heterocycles. The van der Waals surface area contributed by atoms with Crippen molar-refractivity contribution in [3.05, 3.63) is 64.7 Å². The van der Waals surface area contributed by atoms with Crippen molar-refractivity contribution in [2.45, 2.75) is 69.4 Å². The number of rotatable bonds is 12. The first-order valence-corrected chi connectivity index (χ1v) is 12.6. The molecule has 0 fully saturated rings. The molecule has 0 spiro atoms. The van der Waals surface area contributed by atoms with Crippen molar-refractivity contribution >= 4 is 17.9 Å². The van der Waals surface area contributed by atoms with Gasteiger partial charge in [0.2, 0.25) is 0 Å². The van der Waals surface area contributed by atoms with Gasteiger partial charge in [-0.3, -0.25) is 4.79 Å². The predicted molar refractivity (Wildman–Crippen MR) is 136 cm³/mol. The Balaban J connectivity index is 1.41. The van der Waals surface area contributed by atoms with Crippen LogP contribution in [0.5, 0.6) is 0 Å². The second-order valence-corrected chi connectivity index (χ2v) is 11.3. The van der Waals surface area contributed by atoms with Crippen LogP contribution in [-0.4, -0.2) is 52.3 Å². The third kappa shape index (κ3) is 8.14. The molecule has 0 saturated heterocycles. The van der Waals surface area contributed by atoms with Crippen LogP contribution in [0.4, 0.5) is 0 Å². The normalized spacial score (nSPS) is 15.1. The Labute approximate surface area is 202 Å². The molecule has 1 aliphatic carbocycles. The highest BCUT2D eigenvalue weighted by Crippen LogP contribution is 2.32. The second kappa shape index (κ2) is 11.5. The van der Waals surface area contributed by atoms with Crippen LogP contribution in [0.15, 0.2) is 47.4 Å². The van der Waals surface area contributed by atoms with Crippen molar-refractivity contribution in [2.24, 2.45) is 5.92 Å². The first-order chi connectivity index (χ1) is 15.6. The standard InChI is InChI=1S/C27H38N2O3S/c1-19-13-25(11-9-21(19)10-12-26(31)32)33-29(4)18-24(30)17-28-27(2,3)16-20-14-22-7-5-6-8-23(22)15-20/h5-9,11,13,20,24,28,30H,10,12,14-18H2,1-4H3,(H,31,32)/t24-/m1/s1. The Morgan fingerprint density at radius 2 is 1.88 bits per heavy atom. The monoisotopic (exact) mass is 470 g/mol. The summed E-state index contributed by atoms with van der Waals surface area (Å²) in [4.78, 5) is 11.9. The fourth-order valence-electron chi connectivity index (χ4n) is 4.81. The SMILES string of the molecule is Cc1cc(SN(C)C[C@H](O)CNC(C)(C)CC2Cc3ccccc3C2)ccc1CCC(=O)O. The summed E-state index contributed by atoms with van der Waals surface area (Å²) in [7, 11) is 1.99. The largest absolute Gasteiger partial charge is 0.481 e. The number of aliphatic hydroxyl groups is 1. The number of likely N-dealkylation sites (N-methyl/N-ethyl adjacent to an activating group) is 1. The molecule has 3 N–H and O–H groups in total. The number of carbonyl (C=O) groups is 1. The Morgan fingerprint density at radius 1 is 1.21 bits per heavy atom. The summed E-state index contributed by atoms with van der Waals surface area (Å²) in [5.41, 5.74) is 5.13. The van der Waals surface area contributed by atoms with Gasteiger partial charge in [0.15, 0.2) is 0 Å². The maximum atomic E-state index is 10.8. The van der Waals surface area contributed by atoms with Crippen LogP contribution in [-0.2, 0) is 24.1 Å². The lowest BCUT2D eigenvalue weighted by Gasteiger charge is -2.31. The Bertz CT molecular complexity index is 922. The Hall–Kier alpha value is -1.86. The maximum absolute atomic E-state index is 10.8. The molecule has 3 rings (SSSR count). The second-order valence-electron chi connectivity index (χ2n) is 10.0. The van der Waals surface area contributed by atoms with Gasteiger partial charge in [0.05, 0.1) is 6.10 Å². The zero-order chi connectivity index (χ0) is 24.0. The van der Waals surface area contributed by atoms with Gasteiger partial charge in [-0.1, -0.05) is 30.3 Å². The molecule has 0 unspecified atom stereocenters. The van der Waals surface area contributed by atoms with Gasteiger partial charge in [-0.05, 0) is 106 Å². The topological polar surface area (TPSA) is 72.8 Å². The number of benzene rings is 2. The minimum Gasteiger partial charge on any atom is -0.481 e. The number of aryl methyl sites for hydroxylation is 2. The Morgan fingerprint density at radius 3 is 2.48 bits per heavy atom. The molecule has 1 aliphatic rings. The molecule has 180 valence electrons. The van der Waals surface area contributed by atoms with E-state index in [0.717, 1.165) is 35.3 Å². The molecule has 5 nitrogen and oxygen atoms in total. The number of carboxylic acids is 1. The number of β-amino-alcohol motifs (C(OH)–C–C–N with tert-alkyl or cyclic N) is 1. The van der Waals surface area contributed by atoms with Crippen LogP contribution in [0.2, 0.25) is 0 Å². The van der Waals surface area contributed by atoms with Crippen LogP contribution < -0.4 is 5.32 Å². The zero-order valence-corrected chi connectivity index (χ0v) is 21.1. The maximum Gasteiger partial charge on any atom is 0.303 e. The van der Waals surface area contributed by atoms with Gasteiger partial charge in [0.1, 0.15) is 0 Å². The summed E-state index contributed by atoms with van der Waals surface area (Å²) in [5.74, 6) is -0.117. The van der Waals surface area contributed by atoms with E-state index in [1.807, 2.05) is 26.1 Å². The summed E-state index contributed by atoms with van der Waals surface area (Å²) in [5, 5.41) is 23.1. The first kappa shape index (κ1) is 25.8. The molecule has 0 heterocycles. The minimum absolute atomic E-state index is 0.0255. The summed E-state index contributed by atoms with van der Waals surface area (Å²) in [6.07, 6.45) is 3.63. The van der Waals surface area contributed by atoms with Gasteiger partial charge < -0.3 is 15.5 Å². The number of aliphatic carboxylic acids is 1. The number of fused-ring (bicyclic) bond motifs is 1.